The monoisotopic (exact) mass is 661 g/mol. The summed E-state index contributed by atoms with van der Waals surface area (Å²) in [6.45, 7) is 0.360. The molecule has 0 fully saturated rings. The van der Waals surface area contributed by atoms with Gasteiger partial charge in [0.25, 0.3) is 11.8 Å². The predicted octanol–water partition coefficient (Wildman–Crippen LogP) is 7.63. The van der Waals surface area contributed by atoms with Crippen molar-refractivity contribution in [2.75, 3.05) is 12.4 Å². The van der Waals surface area contributed by atoms with Crippen molar-refractivity contribution in [3.8, 4) is 11.1 Å². The van der Waals surface area contributed by atoms with E-state index >= 15 is 0 Å². The Morgan fingerprint density at radius 3 is 2.16 bits per heavy atom. The van der Waals surface area contributed by atoms with Gasteiger partial charge in [0.1, 0.15) is 17.4 Å². The highest BCUT2D eigenvalue weighted by Crippen LogP contribution is 2.32. The molecule has 1 atom stereocenters. The second-order valence-corrected chi connectivity index (χ2v) is 11.4. The summed E-state index contributed by atoms with van der Waals surface area (Å²) < 4.78 is 39.2. The summed E-state index contributed by atoms with van der Waals surface area (Å²) in [5.74, 6) is -1.31. The molecule has 8 nitrogen and oxygen atoms in total. The summed E-state index contributed by atoms with van der Waals surface area (Å²) in [6, 6.07) is 31.9. The number of carbonyl (C=O) groups excluding carboxylic acids is 3. The van der Waals surface area contributed by atoms with Crippen LogP contribution in [-0.2, 0) is 17.5 Å². The van der Waals surface area contributed by atoms with Gasteiger partial charge in [-0.05, 0) is 52.6 Å². The molecule has 0 saturated carbocycles. The van der Waals surface area contributed by atoms with Gasteiger partial charge in [-0.2, -0.15) is 13.2 Å². The third-order valence-electron chi connectivity index (χ3n) is 7.96. The predicted molar refractivity (Wildman–Crippen MR) is 180 cm³/mol. The Morgan fingerprint density at radius 1 is 0.816 bits per heavy atom. The van der Waals surface area contributed by atoms with E-state index in [9.17, 15) is 27.6 Å². The first-order valence-electron chi connectivity index (χ1n) is 15.3. The number of hydrogen-bond donors (Lipinski definition) is 3. The van der Waals surface area contributed by atoms with E-state index in [4.69, 9.17) is 0 Å². The molecule has 6 rings (SSSR count). The molecule has 246 valence electrons. The van der Waals surface area contributed by atoms with E-state index in [0.29, 0.717) is 40.0 Å². The minimum absolute atomic E-state index is 0.165. The Kier molecular flexibility index (Phi) is 9.25. The average Bonchev–Trinajstić information content (AvgIpc) is 3.54. The van der Waals surface area contributed by atoms with Gasteiger partial charge in [-0.1, -0.05) is 91.0 Å². The molecule has 11 heteroatoms. The van der Waals surface area contributed by atoms with Crippen LogP contribution in [0.15, 0.2) is 128 Å². The van der Waals surface area contributed by atoms with E-state index < -0.39 is 29.6 Å². The van der Waals surface area contributed by atoms with Crippen LogP contribution in [0.5, 0.6) is 0 Å². The second-order valence-electron chi connectivity index (χ2n) is 11.4. The quantitative estimate of drug-likeness (QED) is 0.148. The molecule has 3 amide bonds. The van der Waals surface area contributed by atoms with E-state index in [1.54, 1.807) is 72.6 Å². The SMILES string of the molecule is CN(Cc1ccccc1)C(=O)[C@@H](NC(=O)c1cc2cc(NC(=O)c3ccccc3-c3ccc(C(F)(F)F)cc3)cnc2[nH]1)c1ccccc1. The number of amides is 3. The molecule has 0 unspecified atom stereocenters. The van der Waals surface area contributed by atoms with E-state index in [0.717, 1.165) is 17.7 Å². The molecule has 0 aliphatic carbocycles. The lowest BCUT2D eigenvalue weighted by molar-refractivity contribution is -0.137. The van der Waals surface area contributed by atoms with Gasteiger partial charge in [0.2, 0.25) is 5.91 Å². The molecule has 2 aromatic heterocycles. The van der Waals surface area contributed by atoms with E-state index in [1.807, 2.05) is 36.4 Å². The van der Waals surface area contributed by atoms with Gasteiger partial charge in [-0.15, -0.1) is 0 Å². The third kappa shape index (κ3) is 7.51. The molecule has 0 radical (unpaired) electrons. The van der Waals surface area contributed by atoms with Gasteiger partial charge in [0.15, 0.2) is 0 Å². The molecular formula is C38H30F3N5O3. The number of rotatable bonds is 9. The highest BCUT2D eigenvalue weighted by molar-refractivity contribution is 6.09. The smallest absolute Gasteiger partial charge is 0.339 e. The Labute approximate surface area is 279 Å². The molecule has 0 bridgehead atoms. The maximum absolute atomic E-state index is 13.6. The largest absolute Gasteiger partial charge is 0.416 e. The molecule has 0 saturated heterocycles. The molecule has 2 heterocycles. The van der Waals surface area contributed by atoms with Crippen LogP contribution in [-0.4, -0.2) is 39.6 Å². The van der Waals surface area contributed by atoms with Crippen LogP contribution in [0.1, 0.15) is 43.6 Å². The maximum Gasteiger partial charge on any atom is 0.416 e. The van der Waals surface area contributed by atoms with Gasteiger partial charge in [0.05, 0.1) is 17.4 Å². The number of nitrogens with zero attached hydrogens (tertiary/aromatic N) is 2. The number of anilines is 1. The van der Waals surface area contributed by atoms with Gasteiger partial charge in [-0.25, -0.2) is 4.98 Å². The van der Waals surface area contributed by atoms with E-state index in [-0.39, 0.29) is 17.2 Å². The summed E-state index contributed by atoms with van der Waals surface area (Å²) in [7, 11) is 1.68. The molecule has 6 aromatic rings. The number of benzene rings is 4. The average molecular weight is 662 g/mol. The molecule has 0 aliphatic rings. The van der Waals surface area contributed by atoms with Crippen molar-refractivity contribution in [2.45, 2.75) is 18.8 Å². The van der Waals surface area contributed by atoms with Crippen LogP contribution in [0.25, 0.3) is 22.2 Å². The number of likely N-dealkylation sites (N-methyl/N-ethyl adjacent to an activating group) is 1. The molecule has 0 aliphatic heterocycles. The lowest BCUT2D eigenvalue weighted by Gasteiger charge is -2.25. The second kappa shape index (κ2) is 13.9. The summed E-state index contributed by atoms with van der Waals surface area (Å²) in [4.78, 5) is 49.4. The Bertz CT molecular complexity index is 2110. The maximum atomic E-state index is 13.6. The number of fused-ring (bicyclic) bond motifs is 1. The Balaban J connectivity index is 1.19. The fourth-order valence-corrected chi connectivity index (χ4v) is 5.47. The van der Waals surface area contributed by atoms with Gasteiger partial charge in [-0.3, -0.25) is 14.4 Å². The number of alkyl halides is 3. The summed E-state index contributed by atoms with van der Waals surface area (Å²) in [6.07, 6.45) is -3.05. The minimum Gasteiger partial charge on any atom is -0.339 e. The van der Waals surface area contributed by atoms with Gasteiger partial charge < -0.3 is 20.5 Å². The summed E-state index contributed by atoms with van der Waals surface area (Å²) in [5, 5.41) is 6.18. The molecule has 3 N–H and O–H groups in total. The number of nitrogens with one attached hydrogen (secondary N) is 3. The number of carbonyl (C=O) groups is 3. The first kappa shape index (κ1) is 32.7. The fourth-order valence-electron chi connectivity index (χ4n) is 5.47. The number of hydrogen-bond acceptors (Lipinski definition) is 4. The zero-order valence-electron chi connectivity index (χ0n) is 26.2. The van der Waals surface area contributed by atoms with Crippen LogP contribution in [0, 0.1) is 0 Å². The van der Waals surface area contributed by atoms with Crippen molar-refractivity contribution in [3.63, 3.8) is 0 Å². The van der Waals surface area contributed by atoms with Gasteiger partial charge >= 0.3 is 6.18 Å². The van der Waals surface area contributed by atoms with Crippen molar-refractivity contribution in [2.24, 2.45) is 0 Å². The highest BCUT2D eigenvalue weighted by atomic mass is 19.4. The number of pyridine rings is 1. The van der Waals surface area contributed by atoms with Crippen molar-refractivity contribution in [1.29, 1.82) is 0 Å². The zero-order valence-corrected chi connectivity index (χ0v) is 26.2. The topological polar surface area (TPSA) is 107 Å². The van der Waals surface area contributed by atoms with Crippen molar-refractivity contribution in [1.82, 2.24) is 20.2 Å². The molecule has 0 spiro atoms. The Hall–Kier alpha value is -6.23. The summed E-state index contributed by atoms with van der Waals surface area (Å²) >= 11 is 0. The molecule has 4 aromatic carbocycles. The van der Waals surface area contributed by atoms with Crippen molar-refractivity contribution in [3.05, 3.63) is 155 Å². The van der Waals surface area contributed by atoms with E-state index in [2.05, 4.69) is 20.6 Å². The lowest BCUT2D eigenvalue weighted by Crippen LogP contribution is -2.41. The third-order valence-corrected chi connectivity index (χ3v) is 7.96. The normalized spacial score (nSPS) is 11.9. The number of aromatic amines is 1. The van der Waals surface area contributed by atoms with Crippen LogP contribution in [0.3, 0.4) is 0 Å². The zero-order chi connectivity index (χ0) is 34.5. The highest BCUT2D eigenvalue weighted by Gasteiger charge is 2.30. The summed E-state index contributed by atoms with van der Waals surface area (Å²) in [5.41, 5.74) is 2.84. The van der Waals surface area contributed by atoms with Crippen LogP contribution in [0.2, 0.25) is 0 Å². The molecular weight excluding hydrogens is 631 g/mol. The van der Waals surface area contributed by atoms with Crippen LogP contribution in [0.4, 0.5) is 18.9 Å². The number of H-pyrrole nitrogens is 1. The van der Waals surface area contributed by atoms with Crippen LogP contribution < -0.4 is 10.6 Å². The standard InChI is InChI=1S/C38H30F3N5O3/c1-46(23-24-10-4-2-5-11-24)37(49)33(26-12-6-3-7-13-26)45-36(48)32-21-27-20-29(22-42-34(27)44-32)43-35(47)31-15-9-8-14-30(31)25-16-18-28(19-17-25)38(39,40)41/h2-22,33H,23H2,1H3,(H,42,44)(H,43,47)(H,45,48)/t33-/m0/s1. The van der Waals surface area contributed by atoms with Crippen LogP contribution >= 0.6 is 0 Å². The van der Waals surface area contributed by atoms with Crippen molar-refractivity contribution >= 4 is 34.4 Å². The van der Waals surface area contributed by atoms with Crippen molar-refractivity contribution < 1.29 is 27.6 Å². The number of halogens is 3. The Morgan fingerprint density at radius 2 is 1.47 bits per heavy atom. The lowest BCUT2D eigenvalue weighted by atomic mass is 9.98. The molecule has 49 heavy (non-hydrogen) atoms. The minimum atomic E-state index is -4.47. The van der Waals surface area contributed by atoms with E-state index in [1.165, 1.54) is 18.3 Å². The fraction of sp³-hybridized carbons (Fsp3) is 0.105. The first-order chi connectivity index (χ1) is 23.6. The first-order valence-corrected chi connectivity index (χ1v) is 15.3. The van der Waals surface area contributed by atoms with Gasteiger partial charge in [0, 0.05) is 24.5 Å². The number of aromatic nitrogens is 2.